The third-order valence-electron chi connectivity index (χ3n) is 3.09. The van der Waals surface area contributed by atoms with Crippen molar-refractivity contribution in [2.24, 2.45) is 0 Å². The maximum absolute atomic E-state index is 11.5. The summed E-state index contributed by atoms with van der Waals surface area (Å²) in [5.41, 5.74) is 0.474. The molecule has 2 N–H and O–H groups in total. The lowest BCUT2D eigenvalue weighted by Gasteiger charge is -2.29. The van der Waals surface area contributed by atoms with E-state index in [-0.39, 0.29) is 0 Å². The van der Waals surface area contributed by atoms with Crippen molar-refractivity contribution in [2.45, 2.75) is 19.4 Å². The van der Waals surface area contributed by atoms with E-state index < -0.39 is 16.4 Å². The van der Waals surface area contributed by atoms with E-state index in [9.17, 15) is 9.59 Å². The smallest absolute Gasteiger partial charge is 0.253 e. The fourth-order valence-corrected chi connectivity index (χ4v) is 1.99. The SMILES string of the molecule is CNc1c(NC(C)(C)c2ccccc2)c(=O)c1=O. The highest BCUT2D eigenvalue weighted by Gasteiger charge is 2.27. The Balaban J connectivity index is 2.32. The van der Waals surface area contributed by atoms with E-state index in [0.29, 0.717) is 11.4 Å². The van der Waals surface area contributed by atoms with E-state index >= 15 is 0 Å². The number of rotatable bonds is 4. The molecule has 4 nitrogen and oxygen atoms in total. The van der Waals surface area contributed by atoms with Crippen LogP contribution in [0.1, 0.15) is 19.4 Å². The van der Waals surface area contributed by atoms with Crippen LogP contribution < -0.4 is 21.5 Å². The first-order chi connectivity index (χ1) is 8.47. The molecule has 2 aromatic rings. The molecule has 2 aromatic carbocycles. The number of benzene rings is 1. The van der Waals surface area contributed by atoms with Crippen molar-refractivity contribution >= 4 is 11.4 Å². The zero-order valence-electron chi connectivity index (χ0n) is 10.7. The second-order valence-corrected chi connectivity index (χ2v) is 4.77. The van der Waals surface area contributed by atoms with Crippen LogP contribution in [0.2, 0.25) is 0 Å². The molecule has 0 amide bonds. The molecule has 0 atom stereocenters. The van der Waals surface area contributed by atoms with E-state index in [1.807, 2.05) is 44.2 Å². The molecule has 0 spiro atoms. The number of hydrogen-bond acceptors (Lipinski definition) is 4. The molecule has 0 saturated heterocycles. The highest BCUT2D eigenvalue weighted by Crippen LogP contribution is 2.26. The van der Waals surface area contributed by atoms with Crippen molar-refractivity contribution in [1.29, 1.82) is 0 Å². The lowest BCUT2D eigenvalue weighted by molar-refractivity contribution is 0.608. The second-order valence-electron chi connectivity index (χ2n) is 4.77. The van der Waals surface area contributed by atoms with Crippen LogP contribution in [0, 0.1) is 0 Å². The third kappa shape index (κ3) is 1.90. The Bertz CT molecular complexity index is 623. The maximum atomic E-state index is 11.5. The highest BCUT2D eigenvalue weighted by molar-refractivity contribution is 5.74. The number of nitrogens with one attached hydrogen (secondary N) is 2. The van der Waals surface area contributed by atoms with Gasteiger partial charge >= 0.3 is 0 Å². The topological polar surface area (TPSA) is 58.2 Å². The van der Waals surface area contributed by atoms with Gasteiger partial charge in [-0.1, -0.05) is 30.3 Å². The first-order valence-electron chi connectivity index (χ1n) is 5.82. The zero-order valence-corrected chi connectivity index (χ0v) is 10.7. The van der Waals surface area contributed by atoms with Crippen LogP contribution in [-0.2, 0) is 5.54 Å². The standard InChI is InChI=1S/C14H16N2O2/c1-14(2,9-7-5-4-6-8-9)16-11-10(15-3)12(17)13(11)18/h4-8,15-16H,1-3H3. The number of anilines is 2. The summed E-state index contributed by atoms with van der Waals surface area (Å²) < 4.78 is 0. The summed E-state index contributed by atoms with van der Waals surface area (Å²) in [5, 5.41) is 5.89. The highest BCUT2D eigenvalue weighted by atomic mass is 16.2. The summed E-state index contributed by atoms with van der Waals surface area (Å²) in [5.74, 6) is 0. The van der Waals surface area contributed by atoms with Crippen molar-refractivity contribution in [2.75, 3.05) is 17.7 Å². The Labute approximate surface area is 105 Å². The van der Waals surface area contributed by atoms with Gasteiger partial charge in [-0.3, -0.25) is 9.59 Å². The predicted octanol–water partition coefficient (Wildman–Crippen LogP) is 1.67. The van der Waals surface area contributed by atoms with Crippen LogP contribution in [0.15, 0.2) is 39.9 Å². The van der Waals surface area contributed by atoms with Gasteiger partial charge in [0, 0.05) is 7.05 Å². The summed E-state index contributed by atoms with van der Waals surface area (Å²) in [6.07, 6.45) is 0. The molecule has 0 unspecified atom stereocenters. The van der Waals surface area contributed by atoms with Crippen LogP contribution in [-0.4, -0.2) is 7.05 Å². The van der Waals surface area contributed by atoms with Crippen molar-refractivity contribution in [3.05, 3.63) is 56.3 Å². The minimum Gasteiger partial charge on any atom is -0.383 e. The van der Waals surface area contributed by atoms with Gasteiger partial charge in [-0.25, -0.2) is 0 Å². The van der Waals surface area contributed by atoms with Gasteiger partial charge in [0.15, 0.2) is 0 Å². The summed E-state index contributed by atoms with van der Waals surface area (Å²) >= 11 is 0. The quantitative estimate of drug-likeness (QED) is 0.803. The summed E-state index contributed by atoms with van der Waals surface area (Å²) in [7, 11) is 1.64. The molecule has 0 fully saturated rings. The lowest BCUT2D eigenvalue weighted by Crippen LogP contribution is -2.41. The van der Waals surface area contributed by atoms with E-state index in [2.05, 4.69) is 10.6 Å². The fourth-order valence-electron chi connectivity index (χ4n) is 1.99. The van der Waals surface area contributed by atoms with Gasteiger partial charge in [0.1, 0.15) is 11.4 Å². The number of hydrogen-bond donors (Lipinski definition) is 2. The van der Waals surface area contributed by atoms with Crippen LogP contribution in [0.3, 0.4) is 0 Å². The van der Waals surface area contributed by atoms with E-state index in [1.54, 1.807) is 7.05 Å². The lowest BCUT2D eigenvalue weighted by atomic mass is 9.93. The molecule has 0 heterocycles. The Hall–Kier alpha value is -2.10. The first kappa shape index (κ1) is 12.4. The molecule has 2 rings (SSSR count). The van der Waals surface area contributed by atoms with Crippen LogP contribution in [0.25, 0.3) is 0 Å². The van der Waals surface area contributed by atoms with Crippen LogP contribution in [0.5, 0.6) is 0 Å². The van der Waals surface area contributed by atoms with Gasteiger partial charge in [0.05, 0.1) is 5.54 Å². The van der Waals surface area contributed by atoms with Gasteiger partial charge in [0.2, 0.25) is 0 Å². The average molecular weight is 244 g/mol. The molecule has 18 heavy (non-hydrogen) atoms. The first-order valence-corrected chi connectivity index (χ1v) is 5.82. The Morgan fingerprint density at radius 3 is 2.06 bits per heavy atom. The molecule has 0 radical (unpaired) electrons. The monoisotopic (exact) mass is 244 g/mol. The Morgan fingerprint density at radius 1 is 0.944 bits per heavy atom. The second kappa shape index (κ2) is 4.29. The normalized spacial score (nSPS) is 11.5. The van der Waals surface area contributed by atoms with Gasteiger partial charge in [-0.15, -0.1) is 0 Å². The molecule has 0 aliphatic heterocycles. The third-order valence-corrected chi connectivity index (χ3v) is 3.09. The summed E-state index contributed by atoms with van der Waals surface area (Å²) in [6.45, 7) is 3.94. The molecule has 0 bridgehead atoms. The molecule has 0 saturated carbocycles. The molecule has 0 aromatic heterocycles. The minimum absolute atomic E-state index is 0.365. The summed E-state index contributed by atoms with van der Waals surface area (Å²) in [6, 6.07) is 9.80. The minimum atomic E-state index is -0.455. The molecular formula is C14H16N2O2. The van der Waals surface area contributed by atoms with Crippen molar-refractivity contribution in [3.8, 4) is 0 Å². The van der Waals surface area contributed by atoms with Crippen LogP contribution in [0.4, 0.5) is 11.4 Å². The molecule has 94 valence electrons. The van der Waals surface area contributed by atoms with Gasteiger partial charge < -0.3 is 10.6 Å². The Kier molecular flexibility index (Phi) is 2.95. The predicted molar refractivity (Wildman–Crippen MR) is 74.0 cm³/mol. The molecule has 0 aliphatic carbocycles. The Morgan fingerprint density at radius 2 is 1.50 bits per heavy atom. The summed E-state index contributed by atoms with van der Waals surface area (Å²) in [4.78, 5) is 22.8. The fraction of sp³-hybridized carbons (Fsp3) is 0.286. The van der Waals surface area contributed by atoms with Gasteiger partial charge in [0.25, 0.3) is 10.9 Å². The van der Waals surface area contributed by atoms with Crippen molar-refractivity contribution in [3.63, 3.8) is 0 Å². The van der Waals surface area contributed by atoms with E-state index in [0.717, 1.165) is 5.56 Å². The average Bonchev–Trinajstić information content (AvgIpc) is 2.39. The van der Waals surface area contributed by atoms with Gasteiger partial charge in [-0.05, 0) is 19.4 Å². The van der Waals surface area contributed by atoms with E-state index in [4.69, 9.17) is 0 Å². The molecular weight excluding hydrogens is 228 g/mol. The van der Waals surface area contributed by atoms with Crippen LogP contribution >= 0.6 is 0 Å². The molecule has 4 heteroatoms. The zero-order chi connectivity index (χ0) is 13.3. The maximum Gasteiger partial charge on any atom is 0.253 e. The van der Waals surface area contributed by atoms with Gasteiger partial charge in [-0.2, -0.15) is 0 Å². The van der Waals surface area contributed by atoms with Crippen molar-refractivity contribution in [1.82, 2.24) is 0 Å². The van der Waals surface area contributed by atoms with Crippen molar-refractivity contribution < 1.29 is 0 Å². The van der Waals surface area contributed by atoms with E-state index in [1.165, 1.54) is 0 Å². The molecule has 0 aliphatic rings. The largest absolute Gasteiger partial charge is 0.383 e.